The lowest BCUT2D eigenvalue weighted by Crippen LogP contribution is -2.33. The van der Waals surface area contributed by atoms with E-state index in [9.17, 15) is 9.50 Å². The molecule has 0 amide bonds. The van der Waals surface area contributed by atoms with E-state index in [1.807, 2.05) is 0 Å². The van der Waals surface area contributed by atoms with Crippen LogP contribution in [-0.4, -0.2) is 22.8 Å². The Morgan fingerprint density at radius 3 is 2.16 bits per heavy atom. The van der Waals surface area contributed by atoms with Crippen molar-refractivity contribution in [3.8, 4) is 0 Å². The third-order valence-corrected chi connectivity index (χ3v) is 14.4. The molecule has 4 aliphatic carbocycles. The first-order valence-corrected chi connectivity index (χ1v) is 20.3. The zero-order valence-electron chi connectivity index (χ0n) is 30.1. The maximum Gasteiger partial charge on any atom is 0.100 e. The van der Waals surface area contributed by atoms with Crippen LogP contribution >= 0.6 is 11.6 Å². The highest BCUT2D eigenvalue weighted by molar-refractivity contribution is 6.20. The molecule has 4 rings (SSSR count). The van der Waals surface area contributed by atoms with Gasteiger partial charge in [0.2, 0.25) is 0 Å². The number of aliphatic hydroxyl groups excluding tert-OH is 1. The van der Waals surface area contributed by atoms with Crippen LogP contribution in [0.4, 0.5) is 4.39 Å². The summed E-state index contributed by atoms with van der Waals surface area (Å²) in [7, 11) is 0. The summed E-state index contributed by atoms with van der Waals surface area (Å²) in [6, 6.07) is 0. The molecule has 0 bridgehead atoms. The van der Waals surface area contributed by atoms with E-state index in [1.54, 1.807) is 0 Å². The summed E-state index contributed by atoms with van der Waals surface area (Å²) in [5.41, 5.74) is 0.926. The first-order chi connectivity index (χ1) is 20.9. The third kappa shape index (κ3) is 11.4. The van der Waals surface area contributed by atoms with Gasteiger partial charge in [0.25, 0.3) is 0 Å². The summed E-state index contributed by atoms with van der Waals surface area (Å²) in [5, 5.41) is 11.7. The molecule has 8 unspecified atom stereocenters. The molecule has 258 valence electrons. The molecule has 0 aromatic rings. The maximum absolute atomic E-state index is 13.6. The molecule has 0 aliphatic heterocycles. The van der Waals surface area contributed by atoms with Crippen LogP contribution in [0.15, 0.2) is 0 Å². The Kier molecular flexibility index (Phi) is 14.3. The predicted molar refractivity (Wildman–Crippen MR) is 189 cm³/mol. The highest BCUT2D eigenvalue weighted by Gasteiger charge is 2.49. The molecular weight excluding hydrogens is 563 g/mol. The topological polar surface area (TPSA) is 20.2 Å². The average Bonchev–Trinajstić information content (AvgIpc) is 3.74. The molecule has 0 aromatic heterocycles. The highest BCUT2D eigenvalue weighted by Crippen LogP contribution is 2.59. The quantitative estimate of drug-likeness (QED) is 0.157. The highest BCUT2D eigenvalue weighted by atomic mass is 35.5. The lowest BCUT2D eigenvalue weighted by molar-refractivity contribution is 0.0220. The van der Waals surface area contributed by atoms with Crippen LogP contribution in [0.3, 0.4) is 0 Å². The van der Waals surface area contributed by atoms with Crippen LogP contribution in [0.2, 0.25) is 0 Å². The van der Waals surface area contributed by atoms with Gasteiger partial charge in [0.05, 0.1) is 6.10 Å². The summed E-state index contributed by atoms with van der Waals surface area (Å²) in [6.07, 6.45) is 26.7. The summed E-state index contributed by atoms with van der Waals surface area (Å²) < 4.78 is 13.6. The van der Waals surface area contributed by atoms with Gasteiger partial charge in [-0.3, -0.25) is 0 Å². The fourth-order valence-corrected chi connectivity index (χ4v) is 11.1. The molecule has 9 atom stereocenters. The Morgan fingerprint density at radius 2 is 1.50 bits per heavy atom. The van der Waals surface area contributed by atoms with Crippen molar-refractivity contribution in [3.05, 3.63) is 0 Å². The monoisotopic (exact) mass is 637 g/mol. The second-order valence-electron chi connectivity index (χ2n) is 18.6. The maximum atomic E-state index is 13.6. The first kappa shape index (κ1) is 37.0. The summed E-state index contributed by atoms with van der Waals surface area (Å²) >= 11 is 6.73. The van der Waals surface area contributed by atoms with Crippen molar-refractivity contribution in [2.75, 3.05) is 0 Å². The molecule has 4 saturated carbocycles. The summed E-state index contributed by atoms with van der Waals surface area (Å²) in [4.78, 5) is 0. The van der Waals surface area contributed by atoms with E-state index in [4.69, 9.17) is 11.6 Å². The SMILES string of the molecule is CC(CCCC1(C2CCC(F)CC2)CC1)CC1CCC(C(O)CCC(C)(C)CCCC(C)C[C@@H]2CCC(C)CC2Cl)C(C)C1. The van der Waals surface area contributed by atoms with E-state index in [-0.39, 0.29) is 6.10 Å². The van der Waals surface area contributed by atoms with Crippen molar-refractivity contribution in [1.29, 1.82) is 0 Å². The average molecular weight is 637 g/mol. The number of rotatable bonds is 17. The zero-order chi connectivity index (χ0) is 31.9. The van der Waals surface area contributed by atoms with E-state index < -0.39 is 6.17 Å². The molecular formula is C41H74ClFO. The number of halogens is 2. The molecule has 4 aliphatic rings. The third-order valence-electron chi connectivity index (χ3n) is 13.9. The number of aliphatic hydroxyl groups is 1. The van der Waals surface area contributed by atoms with Gasteiger partial charge in [-0.15, -0.1) is 11.6 Å². The Bertz CT molecular complexity index is 815. The smallest absolute Gasteiger partial charge is 0.100 e. The van der Waals surface area contributed by atoms with Crippen molar-refractivity contribution >= 4 is 11.6 Å². The molecule has 0 saturated heterocycles. The summed E-state index contributed by atoms with van der Waals surface area (Å²) in [5.74, 6) is 5.94. The van der Waals surface area contributed by atoms with Gasteiger partial charge >= 0.3 is 0 Å². The Hall–Kier alpha value is 0.180. The van der Waals surface area contributed by atoms with Crippen LogP contribution in [0.5, 0.6) is 0 Å². The molecule has 0 spiro atoms. The van der Waals surface area contributed by atoms with E-state index >= 15 is 0 Å². The van der Waals surface area contributed by atoms with Gasteiger partial charge in [0.15, 0.2) is 0 Å². The van der Waals surface area contributed by atoms with Gasteiger partial charge < -0.3 is 5.11 Å². The van der Waals surface area contributed by atoms with Crippen molar-refractivity contribution < 1.29 is 9.50 Å². The predicted octanol–water partition coefficient (Wildman–Crippen LogP) is 13.0. The van der Waals surface area contributed by atoms with Crippen LogP contribution in [0.25, 0.3) is 0 Å². The van der Waals surface area contributed by atoms with Crippen molar-refractivity contribution in [1.82, 2.24) is 0 Å². The molecule has 1 nitrogen and oxygen atoms in total. The Morgan fingerprint density at radius 1 is 0.818 bits per heavy atom. The van der Waals surface area contributed by atoms with Crippen LogP contribution in [-0.2, 0) is 0 Å². The van der Waals surface area contributed by atoms with Crippen molar-refractivity contribution in [3.63, 3.8) is 0 Å². The van der Waals surface area contributed by atoms with E-state index in [1.165, 1.54) is 103 Å². The fraction of sp³-hybridized carbons (Fsp3) is 1.00. The molecule has 0 radical (unpaired) electrons. The minimum atomic E-state index is -0.517. The lowest BCUT2D eigenvalue weighted by atomic mass is 9.69. The van der Waals surface area contributed by atoms with Crippen molar-refractivity contribution in [2.24, 2.45) is 58.2 Å². The first-order valence-electron chi connectivity index (χ1n) is 19.8. The Balaban J connectivity index is 1.07. The second kappa shape index (κ2) is 17.0. The molecule has 0 heterocycles. The van der Waals surface area contributed by atoms with Gasteiger partial charge in [-0.2, -0.15) is 0 Å². The van der Waals surface area contributed by atoms with Gasteiger partial charge in [0.1, 0.15) is 6.17 Å². The van der Waals surface area contributed by atoms with Gasteiger partial charge in [-0.05, 0) is 161 Å². The fourth-order valence-electron chi connectivity index (χ4n) is 10.6. The van der Waals surface area contributed by atoms with Gasteiger partial charge in [0, 0.05) is 5.38 Å². The molecule has 44 heavy (non-hydrogen) atoms. The number of alkyl halides is 2. The standard InChI is InChI=1S/C41H74ClFO/c1-29(10-8-21-41(23-24-41)35-14-16-36(43)17-15-35)25-33-12-18-37(32(4)28-33)39(44)19-22-40(5,6)20-7-9-30(2)26-34-13-11-31(3)27-38(34)42/h29-39,44H,7-28H2,1-6H3/t29?,30?,31?,32?,33?,34-,35?,36?,37?,38?,39?/m0/s1. The lowest BCUT2D eigenvalue weighted by Gasteiger charge is -2.39. The minimum Gasteiger partial charge on any atom is -0.393 e. The number of hydrogen-bond acceptors (Lipinski definition) is 1. The van der Waals surface area contributed by atoms with E-state index in [2.05, 4.69) is 41.5 Å². The molecule has 3 heteroatoms. The normalized spacial score (nSPS) is 36.5. The molecule has 0 aromatic carbocycles. The Labute approximate surface area is 279 Å². The molecule has 4 fully saturated rings. The summed E-state index contributed by atoms with van der Waals surface area (Å²) in [6.45, 7) is 14.6. The van der Waals surface area contributed by atoms with E-state index in [0.29, 0.717) is 28.0 Å². The largest absolute Gasteiger partial charge is 0.393 e. The van der Waals surface area contributed by atoms with Crippen LogP contribution in [0, 0.1) is 58.2 Å². The molecule has 1 N–H and O–H groups in total. The number of hydrogen-bond donors (Lipinski definition) is 1. The van der Waals surface area contributed by atoms with E-state index in [0.717, 1.165) is 74.0 Å². The second-order valence-corrected chi connectivity index (χ2v) is 19.1. The zero-order valence-corrected chi connectivity index (χ0v) is 30.9. The van der Waals surface area contributed by atoms with Gasteiger partial charge in [-0.1, -0.05) is 80.1 Å². The minimum absolute atomic E-state index is 0.127. The van der Waals surface area contributed by atoms with Crippen LogP contribution < -0.4 is 0 Å². The van der Waals surface area contributed by atoms with Gasteiger partial charge in [-0.25, -0.2) is 4.39 Å². The van der Waals surface area contributed by atoms with Crippen LogP contribution in [0.1, 0.15) is 183 Å². The van der Waals surface area contributed by atoms with Crippen molar-refractivity contribution in [2.45, 2.75) is 200 Å².